The molecular weight excluding hydrogens is 304 g/mol. The van der Waals surface area contributed by atoms with Crippen molar-refractivity contribution in [2.45, 2.75) is 19.4 Å². The summed E-state index contributed by atoms with van der Waals surface area (Å²) in [7, 11) is 1.89. The molecule has 2 aromatic carbocycles. The van der Waals surface area contributed by atoms with Gasteiger partial charge in [-0.1, -0.05) is 18.2 Å². The predicted octanol–water partition coefficient (Wildman–Crippen LogP) is 3.56. The molecule has 3 rings (SSSR count). The van der Waals surface area contributed by atoms with Crippen LogP contribution in [-0.2, 0) is 4.79 Å². The summed E-state index contributed by atoms with van der Waals surface area (Å²) in [6, 6.07) is 12.1. The van der Waals surface area contributed by atoms with Gasteiger partial charge >= 0.3 is 0 Å². The first-order chi connectivity index (χ1) is 11.7. The lowest BCUT2D eigenvalue weighted by Crippen LogP contribution is -2.17. The van der Waals surface area contributed by atoms with Crippen LogP contribution in [0.5, 0.6) is 11.5 Å². The number of anilines is 2. The van der Waals surface area contributed by atoms with Gasteiger partial charge in [0.2, 0.25) is 0 Å². The highest BCUT2D eigenvalue weighted by molar-refractivity contribution is 5.88. The average Bonchev–Trinajstić information content (AvgIpc) is 2.61. The van der Waals surface area contributed by atoms with Crippen LogP contribution < -0.4 is 20.1 Å². The molecule has 1 aliphatic heterocycles. The van der Waals surface area contributed by atoms with Crippen molar-refractivity contribution >= 4 is 17.7 Å². The maximum Gasteiger partial charge on any atom is 0.161 e. The van der Waals surface area contributed by atoms with Crippen molar-refractivity contribution in [3.8, 4) is 22.6 Å². The van der Waals surface area contributed by atoms with Crippen molar-refractivity contribution in [2.24, 2.45) is 0 Å². The van der Waals surface area contributed by atoms with E-state index in [0.717, 1.165) is 40.3 Å². The van der Waals surface area contributed by atoms with E-state index in [0.29, 0.717) is 19.6 Å². The Bertz CT molecular complexity index is 731. The molecule has 0 unspecified atom stereocenters. The number of benzene rings is 2. The van der Waals surface area contributed by atoms with E-state index in [1.165, 1.54) is 0 Å². The molecule has 2 aromatic rings. The zero-order valence-corrected chi connectivity index (χ0v) is 14.0. The van der Waals surface area contributed by atoms with Gasteiger partial charge in [-0.15, -0.1) is 0 Å². The van der Waals surface area contributed by atoms with Gasteiger partial charge in [0, 0.05) is 25.1 Å². The minimum Gasteiger partial charge on any atom is -0.486 e. The quantitative estimate of drug-likeness (QED) is 0.795. The maximum atomic E-state index is 10.8. The van der Waals surface area contributed by atoms with Crippen LogP contribution in [0.1, 0.15) is 13.3 Å². The molecule has 5 heteroatoms. The zero-order chi connectivity index (χ0) is 16.9. The highest BCUT2D eigenvalue weighted by Gasteiger charge is 2.16. The van der Waals surface area contributed by atoms with Crippen LogP contribution in [0, 0.1) is 0 Å². The molecule has 0 saturated carbocycles. The molecule has 24 heavy (non-hydrogen) atoms. The molecule has 1 atom stereocenters. The van der Waals surface area contributed by atoms with Crippen LogP contribution in [0.3, 0.4) is 0 Å². The molecule has 0 saturated heterocycles. The number of ether oxygens (including phenoxy) is 2. The number of hydrogen-bond donors (Lipinski definition) is 2. The molecule has 0 bridgehead atoms. The Balaban J connectivity index is 2.02. The summed E-state index contributed by atoms with van der Waals surface area (Å²) >= 11 is 0. The summed E-state index contributed by atoms with van der Waals surface area (Å²) in [6.07, 6.45) is 1.39. The van der Waals surface area contributed by atoms with Gasteiger partial charge in [-0.3, -0.25) is 0 Å². The SMILES string of the molecule is CNc1cccc(-c2ccc3c(c2)OCCO3)c1N[C@H](C)CC=O. The fourth-order valence-electron chi connectivity index (χ4n) is 2.82. The molecule has 1 heterocycles. The molecule has 2 N–H and O–H groups in total. The maximum absolute atomic E-state index is 10.8. The Kier molecular flexibility index (Phi) is 4.89. The van der Waals surface area contributed by atoms with Gasteiger partial charge in [-0.2, -0.15) is 0 Å². The van der Waals surface area contributed by atoms with E-state index < -0.39 is 0 Å². The van der Waals surface area contributed by atoms with E-state index in [1.54, 1.807) is 0 Å². The highest BCUT2D eigenvalue weighted by atomic mass is 16.6. The number of para-hydroxylation sites is 1. The molecule has 0 aromatic heterocycles. The topological polar surface area (TPSA) is 59.6 Å². The number of aldehydes is 1. The van der Waals surface area contributed by atoms with E-state index in [1.807, 2.05) is 44.3 Å². The van der Waals surface area contributed by atoms with Crippen LogP contribution in [0.4, 0.5) is 11.4 Å². The summed E-state index contributed by atoms with van der Waals surface area (Å²) in [5.74, 6) is 1.54. The number of nitrogens with one attached hydrogen (secondary N) is 2. The average molecular weight is 326 g/mol. The molecular formula is C19H22N2O3. The molecule has 1 aliphatic rings. The second-order valence-electron chi connectivity index (χ2n) is 5.78. The van der Waals surface area contributed by atoms with Crippen LogP contribution in [0.15, 0.2) is 36.4 Å². The first-order valence-electron chi connectivity index (χ1n) is 8.14. The van der Waals surface area contributed by atoms with Gasteiger partial charge in [-0.25, -0.2) is 0 Å². The second-order valence-corrected chi connectivity index (χ2v) is 5.78. The fourth-order valence-corrected chi connectivity index (χ4v) is 2.82. The van der Waals surface area contributed by atoms with Gasteiger partial charge in [0.15, 0.2) is 11.5 Å². The molecule has 0 aliphatic carbocycles. The van der Waals surface area contributed by atoms with Crippen LogP contribution in [0.25, 0.3) is 11.1 Å². The lowest BCUT2D eigenvalue weighted by atomic mass is 10.0. The summed E-state index contributed by atoms with van der Waals surface area (Å²) in [5.41, 5.74) is 4.06. The molecule has 0 fully saturated rings. The van der Waals surface area contributed by atoms with E-state index in [4.69, 9.17) is 9.47 Å². The van der Waals surface area contributed by atoms with Gasteiger partial charge in [0.25, 0.3) is 0 Å². The third-order valence-electron chi connectivity index (χ3n) is 4.03. The van der Waals surface area contributed by atoms with Crippen molar-refractivity contribution in [2.75, 3.05) is 30.9 Å². The number of carbonyl (C=O) groups is 1. The Morgan fingerprint density at radius 3 is 2.71 bits per heavy atom. The Hall–Kier alpha value is -2.69. The summed E-state index contributed by atoms with van der Waals surface area (Å²) in [6.45, 7) is 3.14. The zero-order valence-electron chi connectivity index (χ0n) is 14.0. The lowest BCUT2D eigenvalue weighted by molar-refractivity contribution is -0.107. The Labute approximate surface area is 142 Å². The van der Waals surface area contributed by atoms with Crippen molar-refractivity contribution in [3.63, 3.8) is 0 Å². The predicted molar refractivity (Wildman–Crippen MR) is 96.2 cm³/mol. The van der Waals surface area contributed by atoms with Gasteiger partial charge < -0.3 is 24.9 Å². The number of fused-ring (bicyclic) bond motifs is 1. The fraction of sp³-hybridized carbons (Fsp3) is 0.316. The highest BCUT2D eigenvalue weighted by Crippen LogP contribution is 2.39. The van der Waals surface area contributed by atoms with E-state index in [2.05, 4.69) is 16.7 Å². The van der Waals surface area contributed by atoms with Crippen LogP contribution in [0.2, 0.25) is 0 Å². The number of carbonyl (C=O) groups excluding carboxylic acids is 1. The Morgan fingerprint density at radius 1 is 1.17 bits per heavy atom. The summed E-state index contributed by atoms with van der Waals surface area (Å²) in [4.78, 5) is 10.8. The lowest BCUT2D eigenvalue weighted by Gasteiger charge is -2.22. The van der Waals surface area contributed by atoms with Gasteiger partial charge in [-0.05, 0) is 30.7 Å². The number of hydrogen-bond acceptors (Lipinski definition) is 5. The van der Waals surface area contributed by atoms with Crippen molar-refractivity contribution in [3.05, 3.63) is 36.4 Å². The van der Waals surface area contributed by atoms with Crippen molar-refractivity contribution in [1.82, 2.24) is 0 Å². The summed E-state index contributed by atoms with van der Waals surface area (Å²) < 4.78 is 11.3. The standard InChI is InChI=1S/C19H22N2O3/c1-13(8-9-22)21-19-15(4-3-5-16(19)20-2)14-6-7-17-18(12-14)24-11-10-23-17/h3-7,9,12-13,20-21H,8,10-11H2,1-2H3/t13-/m1/s1. The first kappa shape index (κ1) is 16.2. The van der Waals surface area contributed by atoms with E-state index in [-0.39, 0.29) is 6.04 Å². The molecule has 126 valence electrons. The van der Waals surface area contributed by atoms with Crippen LogP contribution >= 0.6 is 0 Å². The Morgan fingerprint density at radius 2 is 1.96 bits per heavy atom. The molecule has 0 amide bonds. The second kappa shape index (κ2) is 7.25. The number of rotatable bonds is 6. The minimum atomic E-state index is 0.0490. The van der Waals surface area contributed by atoms with Crippen molar-refractivity contribution < 1.29 is 14.3 Å². The van der Waals surface area contributed by atoms with Gasteiger partial charge in [0.1, 0.15) is 19.5 Å². The van der Waals surface area contributed by atoms with E-state index in [9.17, 15) is 4.79 Å². The minimum absolute atomic E-state index is 0.0490. The molecule has 5 nitrogen and oxygen atoms in total. The largest absolute Gasteiger partial charge is 0.486 e. The third kappa shape index (κ3) is 3.30. The summed E-state index contributed by atoms with van der Waals surface area (Å²) in [5, 5.41) is 6.65. The van der Waals surface area contributed by atoms with Crippen LogP contribution in [-0.4, -0.2) is 32.6 Å². The van der Waals surface area contributed by atoms with E-state index >= 15 is 0 Å². The monoisotopic (exact) mass is 326 g/mol. The molecule has 0 spiro atoms. The first-order valence-corrected chi connectivity index (χ1v) is 8.14. The normalized spacial score (nSPS) is 13.9. The van der Waals surface area contributed by atoms with Crippen molar-refractivity contribution in [1.29, 1.82) is 0 Å². The van der Waals surface area contributed by atoms with Gasteiger partial charge in [0.05, 0.1) is 11.4 Å². The smallest absolute Gasteiger partial charge is 0.161 e. The third-order valence-corrected chi connectivity index (χ3v) is 4.03. The molecule has 0 radical (unpaired) electrons.